The van der Waals surface area contributed by atoms with Crippen LogP contribution in [-0.2, 0) is 14.3 Å². The van der Waals surface area contributed by atoms with E-state index in [1.165, 1.54) is 48.0 Å². The third kappa shape index (κ3) is 5.04. The number of hydrogen-bond acceptors (Lipinski definition) is 6. The average Bonchev–Trinajstić information content (AvgIpc) is 2.75. The fraction of sp³-hybridized carbons (Fsp3) is 0.238. The van der Waals surface area contributed by atoms with Crippen molar-refractivity contribution in [1.82, 2.24) is 4.90 Å². The highest BCUT2D eigenvalue weighted by atomic mass is 32.2. The monoisotopic (exact) mass is 429 g/mol. The molecule has 1 unspecified atom stereocenters. The fourth-order valence-electron chi connectivity index (χ4n) is 2.81. The van der Waals surface area contributed by atoms with E-state index in [9.17, 15) is 18.8 Å². The zero-order valence-electron chi connectivity index (χ0n) is 16.4. The van der Waals surface area contributed by atoms with Crippen LogP contribution in [-0.4, -0.2) is 46.8 Å². The van der Waals surface area contributed by atoms with E-state index in [0.717, 1.165) is 0 Å². The first-order valence-electron chi connectivity index (χ1n) is 9.21. The van der Waals surface area contributed by atoms with Crippen LogP contribution in [0.4, 0.5) is 15.8 Å². The van der Waals surface area contributed by atoms with Gasteiger partial charge in [0.2, 0.25) is 11.8 Å². The Balaban J connectivity index is 1.79. The summed E-state index contributed by atoms with van der Waals surface area (Å²) in [4.78, 5) is 42.8. The van der Waals surface area contributed by atoms with Gasteiger partial charge in [0, 0.05) is 18.7 Å². The minimum Gasteiger partial charge on any atom is -0.465 e. The molecular weight excluding hydrogens is 409 g/mol. The first kappa shape index (κ1) is 21.5. The summed E-state index contributed by atoms with van der Waals surface area (Å²) in [6.45, 7) is 2.24. The van der Waals surface area contributed by atoms with E-state index in [2.05, 4.69) is 15.0 Å². The molecule has 9 heteroatoms. The Bertz CT molecular complexity index is 977. The summed E-state index contributed by atoms with van der Waals surface area (Å²) in [5, 5.41) is 2.43. The first-order chi connectivity index (χ1) is 14.4. The lowest BCUT2D eigenvalue weighted by atomic mass is 10.2. The molecule has 0 spiro atoms. The second-order valence-electron chi connectivity index (χ2n) is 6.38. The van der Waals surface area contributed by atoms with Crippen molar-refractivity contribution in [1.29, 1.82) is 0 Å². The number of esters is 1. The highest BCUT2D eigenvalue weighted by Gasteiger charge is 2.35. The van der Waals surface area contributed by atoms with Crippen molar-refractivity contribution in [2.24, 2.45) is 4.99 Å². The molecule has 0 saturated carbocycles. The van der Waals surface area contributed by atoms with Crippen molar-refractivity contribution in [2.45, 2.75) is 18.6 Å². The molecule has 0 aliphatic carbocycles. The normalized spacial score (nSPS) is 17.7. The van der Waals surface area contributed by atoms with Crippen molar-refractivity contribution in [3.8, 4) is 0 Å². The van der Waals surface area contributed by atoms with Crippen LogP contribution in [0.15, 0.2) is 53.5 Å². The number of nitrogens with zero attached hydrogens (tertiary/aromatic N) is 2. The summed E-state index contributed by atoms with van der Waals surface area (Å²) < 4.78 is 17.7. The lowest BCUT2D eigenvalue weighted by Crippen LogP contribution is -2.45. The zero-order valence-corrected chi connectivity index (χ0v) is 17.2. The van der Waals surface area contributed by atoms with Crippen LogP contribution in [0.5, 0.6) is 0 Å². The number of benzene rings is 2. The smallest absolute Gasteiger partial charge is 0.337 e. The molecule has 0 radical (unpaired) electrons. The Morgan fingerprint density at radius 2 is 1.87 bits per heavy atom. The van der Waals surface area contributed by atoms with Crippen molar-refractivity contribution < 1.29 is 23.5 Å². The van der Waals surface area contributed by atoms with Crippen molar-refractivity contribution in [3.05, 3.63) is 59.9 Å². The maximum absolute atomic E-state index is 13.1. The van der Waals surface area contributed by atoms with Gasteiger partial charge in [-0.1, -0.05) is 11.8 Å². The molecule has 156 valence electrons. The first-order valence-corrected chi connectivity index (χ1v) is 10.1. The van der Waals surface area contributed by atoms with E-state index in [0.29, 0.717) is 28.7 Å². The van der Waals surface area contributed by atoms with E-state index >= 15 is 0 Å². The predicted molar refractivity (Wildman–Crippen MR) is 113 cm³/mol. The summed E-state index contributed by atoms with van der Waals surface area (Å²) in [5.74, 6) is -1.42. The van der Waals surface area contributed by atoms with Gasteiger partial charge in [0.1, 0.15) is 11.1 Å². The maximum Gasteiger partial charge on any atom is 0.337 e. The second-order valence-corrected chi connectivity index (χ2v) is 7.55. The number of carbonyl (C=O) groups excluding carboxylic acids is 3. The third-order valence-electron chi connectivity index (χ3n) is 4.37. The number of halogens is 1. The number of aliphatic imine (C=N–C) groups is 1. The molecule has 1 atom stereocenters. The number of amides is 2. The molecule has 2 aromatic rings. The predicted octanol–water partition coefficient (Wildman–Crippen LogP) is 3.59. The van der Waals surface area contributed by atoms with E-state index in [4.69, 9.17) is 0 Å². The molecule has 30 heavy (non-hydrogen) atoms. The van der Waals surface area contributed by atoms with Crippen LogP contribution in [0.1, 0.15) is 23.7 Å². The number of methoxy groups -OCH3 is 1. The molecule has 1 aliphatic heterocycles. The topological polar surface area (TPSA) is 88.1 Å². The Morgan fingerprint density at radius 3 is 2.47 bits per heavy atom. The lowest BCUT2D eigenvalue weighted by Gasteiger charge is -2.30. The number of thioether (sulfide) groups is 1. The van der Waals surface area contributed by atoms with Crippen LogP contribution in [0.25, 0.3) is 0 Å². The molecule has 1 saturated heterocycles. The van der Waals surface area contributed by atoms with Gasteiger partial charge in [0.05, 0.1) is 18.4 Å². The van der Waals surface area contributed by atoms with Gasteiger partial charge in [-0.05, 0) is 55.5 Å². The Morgan fingerprint density at radius 1 is 1.20 bits per heavy atom. The number of amidine groups is 1. The van der Waals surface area contributed by atoms with Gasteiger partial charge in [-0.15, -0.1) is 0 Å². The van der Waals surface area contributed by atoms with Gasteiger partial charge >= 0.3 is 5.97 Å². The summed E-state index contributed by atoms with van der Waals surface area (Å²) in [7, 11) is 1.30. The molecule has 1 N–H and O–H groups in total. The van der Waals surface area contributed by atoms with Crippen LogP contribution < -0.4 is 5.32 Å². The number of anilines is 1. The fourth-order valence-corrected chi connectivity index (χ4v) is 3.97. The van der Waals surface area contributed by atoms with Gasteiger partial charge < -0.3 is 10.1 Å². The summed E-state index contributed by atoms with van der Waals surface area (Å²) in [6, 6.07) is 11.8. The summed E-state index contributed by atoms with van der Waals surface area (Å²) >= 11 is 1.19. The molecule has 3 rings (SSSR count). The van der Waals surface area contributed by atoms with E-state index in [1.54, 1.807) is 24.3 Å². The number of hydrogen-bond donors (Lipinski definition) is 1. The molecule has 7 nitrogen and oxygen atoms in total. The standard InChI is InChI=1S/C21H20FN3O4S/c1-3-25-18(26)12-17(19(27)23-15-10-6-14(22)7-11-15)30-21(25)24-16-8-4-13(5-9-16)20(28)29-2/h4-11,17H,3,12H2,1-2H3,(H,23,27). The molecule has 1 fully saturated rings. The highest BCUT2D eigenvalue weighted by Crippen LogP contribution is 2.30. The molecule has 0 aromatic heterocycles. The van der Waals surface area contributed by atoms with E-state index < -0.39 is 17.0 Å². The number of rotatable bonds is 5. The zero-order chi connectivity index (χ0) is 21.7. The summed E-state index contributed by atoms with van der Waals surface area (Å²) in [6.07, 6.45) is 0.0336. The third-order valence-corrected chi connectivity index (χ3v) is 5.56. The van der Waals surface area contributed by atoms with Gasteiger partial charge in [0.25, 0.3) is 0 Å². The number of carbonyl (C=O) groups is 3. The van der Waals surface area contributed by atoms with Gasteiger partial charge in [-0.3, -0.25) is 14.5 Å². The van der Waals surface area contributed by atoms with Crippen molar-refractivity contribution in [3.63, 3.8) is 0 Å². The minimum atomic E-state index is -0.668. The van der Waals surface area contributed by atoms with E-state index in [1.807, 2.05) is 6.92 Å². The molecule has 1 heterocycles. The highest BCUT2D eigenvalue weighted by molar-refractivity contribution is 8.15. The van der Waals surface area contributed by atoms with Crippen LogP contribution in [0, 0.1) is 5.82 Å². The largest absolute Gasteiger partial charge is 0.465 e. The van der Waals surface area contributed by atoms with Crippen LogP contribution in [0.3, 0.4) is 0 Å². The average molecular weight is 429 g/mol. The molecule has 2 amide bonds. The lowest BCUT2D eigenvalue weighted by molar-refractivity contribution is -0.129. The molecular formula is C21H20FN3O4S. The van der Waals surface area contributed by atoms with Gasteiger partial charge in [-0.25, -0.2) is 14.2 Å². The van der Waals surface area contributed by atoms with Gasteiger partial charge in [0.15, 0.2) is 5.17 Å². The van der Waals surface area contributed by atoms with Crippen molar-refractivity contribution in [2.75, 3.05) is 19.0 Å². The number of nitrogens with one attached hydrogen (secondary N) is 1. The molecule has 2 aromatic carbocycles. The Kier molecular flexibility index (Phi) is 6.83. The van der Waals surface area contributed by atoms with Crippen LogP contribution in [0.2, 0.25) is 0 Å². The minimum absolute atomic E-state index is 0.0336. The second kappa shape index (κ2) is 9.53. The SMILES string of the molecule is CCN1C(=O)CC(C(=O)Nc2ccc(F)cc2)SC1=Nc1ccc(C(=O)OC)cc1. The van der Waals surface area contributed by atoms with Crippen LogP contribution >= 0.6 is 11.8 Å². The molecule has 1 aliphatic rings. The number of ether oxygens (including phenoxy) is 1. The Labute approximate surface area is 177 Å². The Hall–Kier alpha value is -3.20. The maximum atomic E-state index is 13.1. The van der Waals surface area contributed by atoms with E-state index in [-0.39, 0.29) is 18.2 Å². The quantitative estimate of drug-likeness (QED) is 0.734. The van der Waals surface area contributed by atoms with Gasteiger partial charge in [-0.2, -0.15) is 0 Å². The summed E-state index contributed by atoms with van der Waals surface area (Å²) in [5.41, 5.74) is 1.37. The van der Waals surface area contributed by atoms with Crippen molar-refractivity contribution >= 4 is 46.1 Å². The molecule has 0 bridgehead atoms.